The lowest BCUT2D eigenvalue weighted by Crippen LogP contribution is -2.30. The lowest BCUT2D eigenvalue weighted by molar-refractivity contribution is -0.132. The number of halogens is 1. The second kappa shape index (κ2) is 4.98. The van der Waals surface area contributed by atoms with Crippen molar-refractivity contribution in [1.29, 1.82) is 0 Å². The zero-order chi connectivity index (χ0) is 14.4. The van der Waals surface area contributed by atoms with Crippen LogP contribution < -0.4 is 0 Å². The van der Waals surface area contributed by atoms with Crippen molar-refractivity contribution >= 4 is 28.5 Å². The zero-order valence-electron chi connectivity index (χ0n) is 11.4. The quantitative estimate of drug-likeness (QED) is 0.563. The minimum absolute atomic E-state index is 0.125. The van der Waals surface area contributed by atoms with Crippen LogP contribution in [-0.2, 0) is 11.2 Å². The lowest BCUT2D eigenvalue weighted by atomic mass is 9.97. The Morgan fingerprint density at radius 1 is 0.952 bits per heavy atom. The van der Waals surface area contributed by atoms with Crippen LogP contribution in [0.3, 0.4) is 0 Å². The van der Waals surface area contributed by atoms with Gasteiger partial charge in [-0.15, -0.1) is 0 Å². The largest absolute Gasteiger partial charge is 0.321 e. The topological polar surface area (TPSA) is 20.3 Å². The molecule has 2 atom stereocenters. The van der Waals surface area contributed by atoms with E-state index in [1.165, 1.54) is 11.1 Å². The Labute approximate surface area is 137 Å². The molecule has 0 saturated heterocycles. The third-order valence-electron chi connectivity index (χ3n) is 4.30. The lowest BCUT2D eigenvalue weighted by Gasteiger charge is -2.23. The maximum absolute atomic E-state index is 12.8. The van der Waals surface area contributed by atoms with Gasteiger partial charge >= 0.3 is 0 Å². The summed E-state index contributed by atoms with van der Waals surface area (Å²) in [7, 11) is 0. The van der Waals surface area contributed by atoms with E-state index in [0.717, 1.165) is 9.13 Å². The highest BCUT2D eigenvalue weighted by Gasteiger charge is 2.42. The molecule has 2 aliphatic heterocycles. The first-order valence-corrected chi connectivity index (χ1v) is 8.15. The van der Waals surface area contributed by atoms with Crippen molar-refractivity contribution in [3.8, 4) is 0 Å². The SMILES string of the molecule is O=C(Cc1ccccc1I)N1C2C=CC1c1ccccc12. The molecule has 1 amide bonds. The highest BCUT2D eigenvalue weighted by atomic mass is 127. The normalized spacial score (nSPS) is 21.7. The number of carbonyl (C=O) groups excluding carboxylic acids is 1. The van der Waals surface area contributed by atoms with E-state index in [1.54, 1.807) is 0 Å². The standard InChI is InChI=1S/C18H14INO/c19-15-8-4-1-5-12(15)11-18(21)20-16-9-10-17(20)14-7-3-2-6-13(14)16/h1-10,16-17H,11H2. The van der Waals surface area contributed by atoms with Gasteiger partial charge in [0.05, 0.1) is 18.5 Å². The molecular formula is C18H14INO. The van der Waals surface area contributed by atoms with Crippen LogP contribution in [0.15, 0.2) is 60.7 Å². The Balaban J connectivity index is 1.62. The van der Waals surface area contributed by atoms with Gasteiger partial charge in [0.2, 0.25) is 5.91 Å². The van der Waals surface area contributed by atoms with E-state index in [-0.39, 0.29) is 18.0 Å². The van der Waals surface area contributed by atoms with Crippen LogP contribution in [0.2, 0.25) is 0 Å². The molecule has 2 aromatic carbocycles. The molecule has 2 aliphatic rings. The molecule has 0 spiro atoms. The van der Waals surface area contributed by atoms with Gasteiger partial charge in [-0.05, 0) is 45.3 Å². The van der Waals surface area contributed by atoms with Crippen molar-refractivity contribution in [2.24, 2.45) is 0 Å². The zero-order valence-corrected chi connectivity index (χ0v) is 13.5. The highest BCUT2D eigenvalue weighted by Crippen LogP contribution is 2.48. The van der Waals surface area contributed by atoms with Crippen molar-refractivity contribution in [3.05, 3.63) is 80.9 Å². The maximum Gasteiger partial charge on any atom is 0.228 e. The number of hydrogen-bond acceptors (Lipinski definition) is 1. The van der Waals surface area contributed by atoms with Gasteiger partial charge in [-0.2, -0.15) is 0 Å². The van der Waals surface area contributed by atoms with Gasteiger partial charge in [0.1, 0.15) is 0 Å². The Hall–Kier alpha value is -1.62. The van der Waals surface area contributed by atoms with Crippen LogP contribution in [0.1, 0.15) is 28.8 Å². The van der Waals surface area contributed by atoms with Crippen molar-refractivity contribution < 1.29 is 4.79 Å². The molecule has 0 N–H and O–H groups in total. The molecule has 0 fully saturated rings. The number of fused-ring (bicyclic) bond motifs is 5. The predicted molar refractivity (Wildman–Crippen MR) is 90.8 cm³/mol. The fourth-order valence-electron chi connectivity index (χ4n) is 3.33. The molecule has 104 valence electrons. The Kier molecular flexibility index (Phi) is 3.10. The van der Waals surface area contributed by atoms with E-state index in [4.69, 9.17) is 0 Å². The van der Waals surface area contributed by atoms with Gasteiger partial charge in [-0.25, -0.2) is 0 Å². The molecule has 0 aliphatic carbocycles. The monoisotopic (exact) mass is 387 g/mol. The summed E-state index contributed by atoms with van der Waals surface area (Å²) in [4.78, 5) is 14.8. The van der Waals surface area contributed by atoms with E-state index in [1.807, 2.05) is 23.1 Å². The Morgan fingerprint density at radius 3 is 2.14 bits per heavy atom. The summed E-state index contributed by atoms with van der Waals surface area (Å²) in [6, 6.07) is 16.7. The molecule has 0 radical (unpaired) electrons. The minimum Gasteiger partial charge on any atom is -0.321 e. The van der Waals surface area contributed by atoms with Crippen LogP contribution in [-0.4, -0.2) is 10.8 Å². The smallest absolute Gasteiger partial charge is 0.228 e. The molecule has 4 rings (SSSR count). The molecule has 21 heavy (non-hydrogen) atoms. The minimum atomic E-state index is 0.125. The van der Waals surface area contributed by atoms with Crippen LogP contribution in [0.5, 0.6) is 0 Å². The molecule has 2 nitrogen and oxygen atoms in total. The van der Waals surface area contributed by atoms with Crippen LogP contribution in [0.4, 0.5) is 0 Å². The summed E-state index contributed by atoms with van der Waals surface area (Å²) in [6.45, 7) is 0. The molecular weight excluding hydrogens is 373 g/mol. The number of rotatable bonds is 2. The first-order chi connectivity index (χ1) is 10.3. The fourth-order valence-corrected chi connectivity index (χ4v) is 3.91. The van der Waals surface area contributed by atoms with Crippen molar-refractivity contribution in [2.45, 2.75) is 18.5 Å². The van der Waals surface area contributed by atoms with Gasteiger partial charge in [-0.1, -0.05) is 54.6 Å². The first-order valence-electron chi connectivity index (χ1n) is 7.07. The number of carbonyl (C=O) groups is 1. The van der Waals surface area contributed by atoms with Crippen LogP contribution in [0, 0.1) is 3.57 Å². The third-order valence-corrected chi connectivity index (χ3v) is 5.35. The Morgan fingerprint density at radius 2 is 1.52 bits per heavy atom. The van der Waals surface area contributed by atoms with Gasteiger partial charge in [0, 0.05) is 3.57 Å². The molecule has 3 heteroatoms. The number of amides is 1. The summed E-state index contributed by atoms with van der Waals surface area (Å²) < 4.78 is 1.15. The van der Waals surface area contributed by atoms with Crippen LogP contribution in [0.25, 0.3) is 0 Å². The summed E-state index contributed by atoms with van der Waals surface area (Å²) >= 11 is 2.30. The number of benzene rings is 2. The van der Waals surface area contributed by atoms with E-state index in [9.17, 15) is 4.79 Å². The maximum atomic E-state index is 12.8. The average Bonchev–Trinajstić information content (AvgIpc) is 3.07. The fraction of sp³-hybridized carbons (Fsp3) is 0.167. The van der Waals surface area contributed by atoms with E-state index in [2.05, 4.69) is 65.1 Å². The second-order valence-corrected chi connectivity index (χ2v) is 6.63. The van der Waals surface area contributed by atoms with Crippen molar-refractivity contribution in [1.82, 2.24) is 4.90 Å². The van der Waals surface area contributed by atoms with Gasteiger partial charge in [-0.3, -0.25) is 4.79 Å². The van der Waals surface area contributed by atoms with Crippen molar-refractivity contribution in [3.63, 3.8) is 0 Å². The second-order valence-electron chi connectivity index (χ2n) is 5.47. The molecule has 2 heterocycles. The van der Waals surface area contributed by atoms with E-state index < -0.39 is 0 Å². The summed E-state index contributed by atoms with van der Waals surface area (Å²) in [5.74, 6) is 0.204. The van der Waals surface area contributed by atoms with E-state index >= 15 is 0 Å². The molecule has 0 saturated carbocycles. The number of hydrogen-bond donors (Lipinski definition) is 0. The molecule has 2 bridgehead atoms. The van der Waals surface area contributed by atoms with Crippen LogP contribution >= 0.6 is 22.6 Å². The van der Waals surface area contributed by atoms with Gasteiger partial charge < -0.3 is 4.90 Å². The summed E-state index contributed by atoms with van der Waals surface area (Å²) in [5.41, 5.74) is 3.67. The summed E-state index contributed by atoms with van der Waals surface area (Å²) in [5, 5.41) is 0. The highest BCUT2D eigenvalue weighted by molar-refractivity contribution is 14.1. The first kappa shape index (κ1) is 13.1. The Bertz CT molecular complexity index is 719. The molecule has 2 unspecified atom stereocenters. The molecule has 0 aromatic heterocycles. The third kappa shape index (κ3) is 2.02. The average molecular weight is 387 g/mol. The van der Waals surface area contributed by atoms with Gasteiger partial charge in [0.25, 0.3) is 0 Å². The van der Waals surface area contributed by atoms with E-state index in [0.29, 0.717) is 6.42 Å². The predicted octanol–water partition coefficient (Wildman–Crippen LogP) is 4.03. The number of nitrogens with zero attached hydrogens (tertiary/aromatic N) is 1. The van der Waals surface area contributed by atoms with Crippen molar-refractivity contribution in [2.75, 3.05) is 0 Å². The summed E-state index contributed by atoms with van der Waals surface area (Å²) in [6.07, 6.45) is 4.78. The molecule has 2 aromatic rings. The van der Waals surface area contributed by atoms with Gasteiger partial charge in [0.15, 0.2) is 0 Å².